The summed E-state index contributed by atoms with van der Waals surface area (Å²) in [4.78, 5) is 20.5. The van der Waals surface area contributed by atoms with Gasteiger partial charge in [-0.05, 0) is 48.9 Å². The molecule has 3 aromatic heterocycles. The van der Waals surface area contributed by atoms with Crippen LogP contribution in [0.25, 0.3) is 0 Å². The standard InChI is InChI=1S/C18H18N4O2/c1-12-4-5-17(24-12)16(23)10-13-6-8-20-14(9-13)11-22-15-3-2-7-21-18(15)19/h2-9,22H,10-11H2,1H3,(H2,19,21). The Morgan fingerprint density at radius 3 is 2.83 bits per heavy atom. The lowest BCUT2D eigenvalue weighted by molar-refractivity contribution is 0.0965. The largest absolute Gasteiger partial charge is 0.458 e. The number of ketones is 1. The van der Waals surface area contributed by atoms with Gasteiger partial charge in [-0.1, -0.05) is 0 Å². The van der Waals surface area contributed by atoms with E-state index in [1.54, 1.807) is 24.5 Å². The third-order valence-electron chi connectivity index (χ3n) is 3.56. The van der Waals surface area contributed by atoms with Crippen molar-refractivity contribution in [3.05, 3.63) is 71.6 Å². The van der Waals surface area contributed by atoms with Crippen LogP contribution in [0.4, 0.5) is 11.5 Å². The number of Topliss-reactive ketones (excluding diaryl/α,β-unsaturated/α-hetero) is 1. The van der Waals surface area contributed by atoms with Gasteiger partial charge in [-0.3, -0.25) is 9.78 Å². The molecule has 3 N–H and O–H groups in total. The van der Waals surface area contributed by atoms with E-state index in [0.29, 0.717) is 18.1 Å². The third kappa shape index (κ3) is 3.78. The Hall–Kier alpha value is -3.15. The molecule has 0 atom stereocenters. The molecule has 3 rings (SSSR count). The number of hydrogen-bond acceptors (Lipinski definition) is 6. The van der Waals surface area contributed by atoms with Gasteiger partial charge in [0.25, 0.3) is 0 Å². The van der Waals surface area contributed by atoms with E-state index in [2.05, 4.69) is 15.3 Å². The van der Waals surface area contributed by atoms with Gasteiger partial charge in [0.15, 0.2) is 5.76 Å². The fourth-order valence-electron chi connectivity index (χ4n) is 2.34. The molecule has 0 saturated carbocycles. The maximum absolute atomic E-state index is 12.2. The maximum atomic E-state index is 12.2. The average molecular weight is 322 g/mol. The minimum absolute atomic E-state index is 0.0512. The van der Waals surface area contributed by atoms with Gasteiger partial charge in [-0.15, -0.1) is 0 Å². The van der Waals surface area contributed by atoms with E-state index in [1.807, 2.05) is 31.2 Å². The Morgan fingerprint density at radius 2 is 2.08 bits per heavy atom. The van der Waals surface area contributed by atoms with Gasteiger partial charge in [0.2, 0.25) is 5.78 Å². The zero-order valence-electron chi connectivity index (χ0n) is 13.3. The van der Waals surface area contributed by atoms with Gasteiger partial charge in [0.1, 0.15) is 11.6 Å². The molecule has 24 heavy (non-hydrogen) atoms. The number of nitrogens with one attached hydrogen (secondary N) is 1. The smallest absolute Gasteiger partial charge is 0.202 e. The average Bonchev–Trinajstić information content (AvgIpc) is 3.01. The molecule has 0 aromatic carbocycles. The van der Waals surface area contributed by atoms with Crippen LogP contribution in [-0.4, -0.2) is 15.8 Å². The number of rotatable bonds is 6. The van der Waals surface area contributed by atoms with Crippen molar-refractivity contribution in [3.63, 3.8) is 0 Å². The van der Waals surface area contributed by atoms with Gasteiger partial charge < -0.3 is 15.5 Å². The van der Waals surface area contributed by atoms with Crippen molar-refractivity contribution in [1.82, 2.24) is 9.97 Å². The van der Waals surface area contributed by atoms with Crippen LogP contribution in [0.15, 0.2) is 53.2 Å². The molecule has 6 heteroatoms. The summed E-state index contributed by atoms with van der Waals surface area (Å²) >= 11 is 0. The SMILES string of the molecule is Cc1ccc(C(=O)Cc2ccnc(CNc3cccnc3N)c2)o1. The van der Waals surface area contributed by atoms with Gasteiger partial charge in [0.05, 0.1) is 17.9 Å². The Kier molecular flexibility index (Phi) is 4.56. The lowest BCUT2D eigenvalue weighted by Crippen LogP contribution is -2.07. The van der Waals surface area contributed by atoms with Crippen molar-refractivity contribution in [2.45, 2.75) is 19.9 Å². The number of nitrogens with two attached hydrogens (primary N) is 1. The molecular weight excluding hydrogens is 304 g/mol. The van der Waals surface area contributed by atoms with Crippen LogP contribution in [-0.2, 0) is 13.0 Å². The molecule has 0 unspecified atom stereocenters. The van der Waals surface area contributed by atoms with Crippen molar-refractivity contribution in [2.75, 3.05) is 11.1 Å². The molecule has 3 heterocycles. The number of nitrogens with zero attached hydrogens (tertiary/aromatic N) is 2. The second-order valence-electron chi connectivity index (χ2n) is 5.46. The molecule has 0 spiro atoms. The van der Waals surface area contributed by atoms with E-state index in [1.165, 1.54) is 0 Å². The van der Waals surface area contributed by atoms with E-state index in [9.17, 15) is 4.79 Å². The number of aryl methyl sites for hydroxylation is 1. The van der Waals surface area contributed by atoms with E-state index >= 15 is 0 Å². The highest BCUT2D eigenvalue weighted by Gasteiger charge is 2.11. The molecular formula is C18H18N4O2. The highest BCUT2D eigenvalue weighted by molar-refractivity contribution is 5.95. The number of hydrogen-bond donors (Lipinski definition) is 2. The summed E-state index contributed by atoms with van der Waals surface area (Å²) in [6.07, 6.45) is 3.61. The van der Waals surface area contributed by atoms with Crippen molar-refractivity contribution < 1.29 is 9.21 Å². The van der Waals surface area contributed by atoms with Crippen LogP contribution in [0.5, 0.6) is 0 Å². The number of nitrogen functional groups attached to an aromatic ring is 1. The van der Waals surface area contributed by atoms with E-state index < -0.39 is 0 Å². The normalized spacial score (nSPS) is 10.5. The van der Waals surface area contributed by atoms with Gasteiger partial charge in [-0.25, -0.2) is 4.98 Å². The number of anilines is 2. The molecule has 6 nitrogen and oxygen atoms in total. The Bertz CT molecular complexity index is 857. The molecule has 0 saturated heterocycles. The molecule has 122 valence electrons. The minimum atomic E-state index is -0.0512. The van der Waals surface area contributed by atoms with Gasteiger partial charge >= 0.3 is 0 Å². The summed E-state index contributed by atoms with van der Waals surface area (Å²) in [6.45, 7) is 2.31. The molecule has 0 radical (unpaired) electrons. The lowest BCUT2D eigenvalue weighted by Gasteiger charge is -2.08. The first kappa shape index (κ1) is 15.7. The summed E-state index contributed by atoms with van der Waals surface area (Å²) in [5.74, 6) is 1.50. The van der Waals surface area contributed by atoms with Crippen molar-refractivity contribution in [1.29, 1.82) is 0 Å². The Balaban J connectivity index is 1.66. The summed E-state index contributed by atoms with van der Waals surface area (Å²) in [6, 6.07) is 10.9. The maximum Gasteiger partial charge on any atom is 0.202 e. The topological polar surface area (TPSA) is 94.0 Å². The van der Waals surface area contributed by atoms with E-state index in [-0.39, 0.29) is 12.2 Å². The Morgan fingerprint density at radius 1 is 1.21 bits per heavy atom. The highest BCUT2D eigenvalue weighted by Crippen LogP contribution is 2.15. The van der Waals surface area contributed by atoms with E-state index in [0.717, 1.165) is 22.7 Å². The van der Waals surface area contributed by atoms with Crippen molar-refractivity contribution in [2.24, 2.45) is 0 Å². The Labute approximate surface area is 139 Å². The first-order valence-electron chi connectivity index (χ1n) is 7.59. The van der Waals surface area contributed by atoms with Crippen molar-refractivity contribution >= 4 is 17.3 Å². The molecule has 0 aliphatic heterocycles. The lowest BCUT2D eigenvalue weighted by atomic mass is 10.1. The van der Waals surface area contributed by atoms with Crippen LogP contribution in [0.1, 0.15) is 27.6 Å². The second kappa shape index (κ2) is 6.95. The summed E-state index contributed by atoms with van der Waals surface area (Å²) in [5, 5.41) is 3.19. The quantitative estimate of drug-likeness (QED) is 0.678. The van der Waals surface area contributed by atoms with Crippen LogP contribution in [0.3, 0.4) is 0 Å². The molecule has 3 aromatic rings. The first-order chi connectivity index (χ1) is 11.6. The van der Waals surface area contributed by atoms with Crippen LogP contribution < -0.4 is 11.1 Å². The minimum Gasteiger partial charge on any atom is -0.458 e. The monoisotopic (exact) mass is 322 g/mol. The number of pyridine rings is 2. The zero-order chi connectivity index (χ0) is 16.9. The van der Waals surface area contributed by atoms with Crippen molar-refractivity contribution in [3.8, 4) is 0 Å². The predicted molar refractivity (Wildman–Crippen MR) is 91.7 cm³/mol. The predicted octanol–water partition coefficient (Wildman–Crippen LogP) is 3.00. The third-order valence-corrected chi connectivity index (χ3v) is 3.56. The molecule has 0 fully saturated rings. The molecule has 0 bridgehead atoms. The molecule has 0 amide bonds. The van der Waals surface area contributed by atoms with Crippen LogP contribution in [0, 0.1) is 6.92 Å². The fraction of sp³-hybridized carbons (Fsp3) is 0.167. The number of furan rings is 1. The summed E-state index contributed by atoms with van der Waals surface area (Å²) in [7, 11) is 0. The van der Waals surface area contributed by atoms with Crippen LogP contribution >= 0.6 is 0 Å². The summed E-state index contributed by atoms with van der Waals surface area (Å²) < 4.78 is 5.37. The fourth-order valence-corrected chi connectivity index (χ4v) is 2.34. The second-order valence-corrected chi connectivity index (χ2v) is 5.46. The van der Waals surface area contributed by atoms with E-state index in [4.69, 9.17) is 10.2 Å². The zero-order valence-corrected chi connectivity index (χ0v) is 13.3. The highest BCUT2D eigenvalue weighted by atomic mass is 16.3. The summed E-state index contributed by atoms with van der Waals surface area (Å²) in [5.41, 5.74) is 8.26. The first-order valence-corrected chi connectivity index (χ1v) is 7.59. The van der Waals surface area contributed by atoms with Gasteiger partial charge in [0, 0.05) is 18.8 Å². The molecule has 0 aliphatic carbocycles. The van der Waals surface area contributed by atoms with Gasteiger partial charge in [-0.2, -0.15) is 0 Å². The molecule has 0 aliphatic rings. The number of carbonyl (C=O) groups is 1. The number of carbonyl (C=O) groups excluding carboxylic acids is 1. The van der Waals surface area contributed by atoms with Crippen LogP contribution in [0.2, 0.25) is 0 Å². The number of aromatic nitrogens is 2.